The lowest BCUT2D eigenvalue weighted by Gasteiger charge is -2.07. The van der Waals surface area contributed by atoms with Gasteiger partial charge in [-0.1, -0.05) is 18.2 Å². The van der Waals surface area contributed by atoms with Gasteiger partial charge in [-0.15, -0.1) is 11.6 Å². The van der Waals surface area contributed by atoms with E-state index in [1.807, 2.05) is 30.3 Å². The van der Waals surface area contributed by atoms with Crippen molar-refractivity contribution in [3.05, 3.63) is 42.1 Å². The third kappa shape index (κ3) is 4.36. The summed E-state index contributed by atoms with van der Waals surface area (Å²) < 4.78 is 4.80. The second kappa shape index (κ2) is 6.90. The standard InChI is InChI=1S/C12H14ClNO2/c1-2-16-12(15)8-11(9-13)14-10-6-4-3-5-7-10/h3-8,14H,2,9H2,1H3/b11-8+. The molecule has 16 heavy (non-hydrogen) atoms. The Morgan fingerprint density at radius 3 is 2.69 bits per heavy atom. The first-order chi connectivity index (χ1) is 7.76. The van der Waals surface area contributed by atoms with Gasteiger partial charge in [0.05, 0.1) is 12.5 Å². The van der Waals surface area contributed by atoms with Gasteiger partial charge in [-0.05, 0) is 19.1 Å². The van der Waals surface area contributed by atoms with Crippen LogP contribution in [0.25, 0.3) is 0 Å². The molecular weight excluding hydrogens is 226 g/mol. The van der Waals surface area contributed by atoms with E-state index in [4.69, 9.17) is 16.3 Å². The molecular formula is C12H14ClNO2. The van der Waals surface area contributed by atoms with Gasteiger partial charge in [0, 0.05) is 17.5 Å². The van der Waals surface area contributed by atoms with Crippen molar-refractivity contribution in [3.63, 3.8) is 0 Å². The molecule has 0 aliphatic rings. The number of esters is 1. The van der Waals surface area contributed by atoms with Crippen molar-refractivity contribution >= 4 is 23.3 Å². The van der Waals surface area contributed by atoms with Crippen molar-refractivity contribution < 1.29 is 9.53 Å². The Balaban J connectivity index is 2.65. The van der Waals surface area contributed by atoms with Gasteiger partial charge >= 0.3 is 5.97 Å². The molecule has 0 aromatic heterocycles. The zero-order valence-electron chi connectivity index (χ0n) is 9.07. The Kier molecular flexibility index (Phi) is 5.43. The SMILES string of the molecule is CCOC(=O)/C=C(\CCl)Nc1ccccc1. The first kappa shape index (κ1) is 12.6. The normalized spacial score (nSPS) is 11.0. The maximum Gasteiger partial charge on any atom is 0.332 e. The Morgan fingerprint density at radius 1 is 1.44 bits per heavy atom. The summed E-state index contributed by atoms with van der Waals surface area (Å²) >= 11 is 5.72. The molecule has 1 aromatic rings. The van der Waals surface area contributed by atoms with Gasteiger partial charge in [0.25, 0.3) is 0 Å². The molecule has 0 spiro atoms. The van der Waals surface area contributed by atoms with E-state index in [-0.39, 0.29) is 11.8 Å². The van der Waals surface area contributed by atoms with Gasteiger partial charge in [-0.25, -0.2) is 4.79 Å². The maximum atomic E-state index is 11.2. The monoisotopic (exact) mass is 239 g/mol. The summed E-state index contributed by atoms with van der Waals surface area (Å²) in [6.45, 7) is 2.12. The Hall–Kier alpha value is -1.48. The minimum absolute atomic E-state index is 0.230. The summed E-state index contributed by atoms with van der Waals surface area (Å²) in [5.41, 5.74) is 1.50. The van der Waals surface area contributed by atoms with Gasteiger partial charge in [0.1, 0.15) is 0 Å². The largest absolute Gasteiger partial charge is 0.463 e. The van der Waals surface area contributed by atoms with Gasteiger partial charge in [-0.3, -0.25) is 0 Å². The van der Waals surface area contributed by atoms with Gasteiger partial charge < -0.3 is 10.1 Å². The molecule has 0 heterocycles. The van der Waals surface area contributed by atoms with E-state index in [1.54, 1.807) is 6.92 Å². The van der Waals surface area contributed by atoms with Crippen LogP contribution in [0, 0.1) is 0 Å². The average molecular weight is 240 g/mol. The zero-order valence-corrected chi connectivity index (χ0v) is 9.83. The number of alkyl halides is 1. The van der Waals surface area contributed by atoms with E-state index >= 15 is 0 Å². The van der Waals surface area contributed by atoms with Crippen molar-refractivity contribution in [1.29, 1.82) is 0 Å². The zero-order chi connectivity index (χ0) is 11.8. The summed E-state index contributed by atoms with van der Waals surface area (Å²) in [6.07, 6.45) is 1.36. The highest BCUT2D eigenvalue weighted by Gasteiger charge is 2.01. The number of para-hydroxylation sites is 1. The van der Waals surface area contributed by atoms with Crippen LogP contribution in [0.5, 0.6) is 0 Å². The van der Waals surface area contributed by atoms with Crippen LogP contribution >= 0.6 is 11.6 Å². The summed E-state index contributed by atoms with van der Waals surface area (Å²) in [6, 6.07) is 9.51. The van der Waals surface area contributed by atoms with Crippen molar-refractivity contribution in [2.75, 3.05) is 17.8 Å². The van der Waals surface area contributed by atoms with Crippen LogP contribution in [0.4, 0.5) is 5.69 Å². The maximum absolute atomic E-state index is 11.2. The molecule has 0 saturated carbocycles. The Bertz CT molecular complexity index is 363. The molecule has 1 rings (SSSR count). The number of allylic oxidation sites excluding steroid dienone is 1. The number of halogens is 1. The molecule has 86 valence electrons. The lowest BCUT2D eigenvalue weighted by Crippen LogP contribution is -2.07. The third-order valence-corrected chi connectivity index (χ3v) is 2.09. The summed E-state index contributed by atoms with van der Waals surface area (Å²) in [5, 5.41) is 3.05. The predicted molar refractivity (Wildman–Crippen MR) is 65.5 cm³/mol. The van der Waals surface area contributed by atoms with E-state index in [0.29, 0.717) is 12.3 Å². The highest BCUT2D eigenvalue weighted by Crippen LogP contribution is 2.10. The second-order valence-corrected chi connectivity index (χ2v) is 3.31. The minimum Gasteiger partial charge on any atom is -0.463 e. The number of anilines is 1. The van der Waals surface area contributed by atoms with Crippen LogP contribution in [0.2, 0.25) is 0 Å². The molecule has 0 saturated heterocycles. The van der Waals surface area contributed by atoms with Crippen LogP contribution in [0.15, 0.2) is 42.1 Å². The van der Waals surface area contributed by atoms with Gasteiger partial charge in [0.15, 0.2) is 0 Å². The van der Waals surface area contributed by atoms with E-state index in [0.717, 1.165) is 5.69 Å². The molecule has 1 aromatic carbocycles. The number of carbonyl (C=O) groups excluding carboxylic acids is 1. The predicted octanol–water partition coefficient (Wildman–Crippen LogP) is 2.78. The topological polar surface area (TPSA) is 38.3 Å². The van der Waals surface area contributed by atoms with Gasteiger partial charge in [0.2, 0.25) is 0 Å². The quantitative estimate of drug-likeness (QED) is 0.488. The Morgan fingerprint density at radius 2 is 2.12 bits per heavy atom. The first-order valence-electron chi connectivity index (χ1n) is 5.01. The van der Waals surface area contributed by atoms with Crippen molar-refractivity contribution in [2.45, 2.75) is 6.92 Å². The fourth-order valence-corrected chi connectivity index (χ4v) is 1.29. The van der Waals surface area contributed by atoms with Crippen LogP contribution in [0.1, 0.15) is 6.92 Å². The van der Waals surface area contributed by atoms with E-state index in [1.165, 1.54) is 6.08 Å². The van der Waals surface area contributed by atoms with E-state index in [2.05, 4.69) is 5.32 Å². The molecule has 3 nitrogen and oxygen atoms in total. The molecule has 0 aliphatic heterocycles. The lowest BCUT2D eigenvalue weighted by atomic mass is 10.3. The number of hydrogen-bond acceptors (Lipinski definition) is 3. The number of hydrogen-bond donors (Lipinski definition) is 1. The lowest BCUT2D eigenvalue weighted by molar-refractivity contribution is -0.137. The van der Waals surface area contributed by atoms with Crippen LogP contribution in [-0.2, 0) is 9.53 Å². The molecule has 0 unspecified atom stereocenters. The number of nitrogens with one attached hydrogen (secondary N) is 1. The smallest absolute Gasteiger partial charge is 0.332 e. The molecule has 0 fully saturated rings. The molecule has 0 atom stereocenters. The third-order valence-electron chi connectivity index (χ3n) is 1.80. The van der Waals surface area contributed by atoms with Crippen LogP contribution < -0.4 is 5.32 Å². The summed E-state index contributed by atoms with van der Waals surface area (Å²) in [7, 11) is 0. The van der Waals surface area contributed by atoms with E-state index in [9.17, 15) is 4.79 Å². The molecule has 0 aliphatic carbocycles. The number of rotatable bonds is 5. The Labute approximate surface area is 100 Å². The fourth-order valence-electron chi connectivity index (χ4n) is 1.14. The number of ether oxygens (including phenoxy) is 1. The average Bonchev–Trinajstić information content (AvgIpc) is 2.30. The van der Waals surface area contributed by atoms with E-state index < -0.39 is 0 Å². The molecule has 0 bridgehead atoms. The van der Waals surface area contributed by atoms with Crippen molar-refractivity contribution in [3.8, 4) is 0 Å². The minimum atomic E-state index is -0.387. The van der Waals surface area contributed by atoms with Crippen LogP contribution in [-0.4, -0.2) is 18.5 Å². The number of carbonyl (C=O) groups is 1. The molecule has 0 amide bonds. The molecule has 0 radical (unpaired) electrons. The molecule has 1 N–H and O–H groups in total. The summed E-state index contributed by atoms with van der Waals surface area (Å²) in [5.74, 6) is -0.158. The van der Waals surface area contributed by atoms with Gasteiger partial charge in [-0.2, -0.15) is 0 Å². The summed E-state index contributed by atoms with van der Waals surface area (Å²) in [4.78, 5) is 11.2. The van der Waals surface area contributed by atoms with Crippen molar-refractivity contribution in [2.24, 2.45) is 0 Å². The van der Waals surface area contributed by atoms with Crippen molar-refractivity contribution in [1.82, 2.24) is 0 Å². The molecule has 4 heteroatoms. The highest BCUT2D eigenvalue weighted by molar-refractivity contribution is 6.20. The second-order valence-electron chi connectivity index (χ2n) is 3.05. The number of benzene rings is 1. The highest BCUT2D eigenvalue weighted by atomic mass is 35.5. The van der Waals surface area contributed by atoms with Crippen LogP contribution in [0.3, 0.4) is 0 Å². The fraction of sp³-hybridized carbons (Fsp3) is 0.250. The first-order valence-corrected chi connectivity index (χ1v) is 5.55.